The predicted octanol–water partition coefficient (Wildman–Crippen LogP) is 3.16. The van der Waals surface area contributed by atoms with E-state index in [0.29, 0.717) is 12.5 Å². The molecule has 2 rings (SSSR count). The van der Waals surface area contributed by atoms with Crippen molar-refractivity contribution in [2.45, 2.75) is 25.9 Å². The Labute approximate surface area is 142 Å². The number of hydrogen-bond donors (Lipinski definition) is 2. The minimum absolute atomic E-state index is 0.0392. The van der Waals surface area contributed by atoms with Crippen LogP contribution in [0, 0.1) is 12.8 Å². The van der Waals surface area contributed by atoms with Crippen LogP contribution in [0.1, 0.15) is 18.4 Å². The summed E-state index contributed by atoms with van der Waals surface area (Å²) in [7, 11) is 1.93. The van der Waals surface area contributed by atoms with Crippen molar-refractivity contribution in [2.75, 3.05) is 25.5 Å². The molecular weight excluding hydrogens is 400 g/mol. The maximum atomic E-state index is 12.1. The first-order valence-electron chi connectivity index (χ1n) is 6.97. The van der Waals surface area contributed by atoms with Crippen LogP contribution in [0.3, 0.4) is 0 Å². The van der Waals surface area contributed by atoms with Crippen molar-refractivity contribution in [3.63, 3.8) is 0 Å². The Bertz CT molecular complexity index is 507. The molecule has 0 atom stereocenters. The zero-order valence-electron chi connectivity index (χ0n) is 12.2. The van der Waals surface area contributed by atoms with E-state index in [9.17, 15) is 9.90 Å². The molecule has 0 aliphatic heterocycles. The number of halogens is 2. The quantitative estimate of drug-likeness (QED) is 0.770. The van der Waals surface area contributed by atoms with Crippen molar-refractivity contribution >= 4 is 43.5 Å². The summed E-state index contributed by atoms with van der Waals surface area (Å²) >= 11 is 6.95. The third-order valence-electron chi connectivity index (χ3n) is 3.65. The van der Waals surface area contributed by atoms with E-state index in [4.69, 9.17) is 0 Å². The van der Waals surface area contributed by atoms with Gasteiger partial charge in [-0.05, 0) is 82.3 Å². The van der Waals surface area contributed by atoms with Crippen LogP contribution in [0.4, 0.5) is 5.69 Å². The SMILES string of the molecule is Cc1cc(Br)c(NC(=O)CN(C)CC2CC(O)C2)c(Br)c1. The minimum Gasteiger partial charge on any atom is -0.393 e. The van der Waals surface area contributed by atoms with Crippen LogP contribution in [0.25, 0.3) is 0 Å². The number of benzene rings is 1. The zero-order valence-corrected chi connectivity index (χ0v) is 15.4. The summed E-state index contributed by atoms with van der Waals surface area (Å²) in [6.07, 6.45) is 1.55. The molecule has 0 spiro atoms. The first-order chi connectivity index (χ1) is 9.85. The van der Waals surface area contributed by atoms with Crippen LogP contribution in [-0.2, 0) is 4.79 Å². The number of anilines is 1. The van der Waals surface area contributed by atoms with Gasteiger partial charge in [-0.15, -0.1) is 0 Å². The minimum atomic E-state index is -0.142. The van der Waals surface area contributed by atoms with Gasteiger partial charge in [0.25, 0.3) is 0 Å². The third-order valence-corrected chi connectivity index (χ3v) is 4.90. The Morgan fingerprint density at radius 1 is 1.38 bits per heavy atom. The predicted molar refractivity (Wildman–Crippen MR) is 91.4 cm³/mol. The zero-order chi connectivity index (χ0) is 15.6. The van der Waals surface area contributed by atoms with E-state index in [2.05, 4.69) is 37.2 Å². The van der Waals surface area contributed by atoms with Crippen LogP contribution >= 0.6 is 31.9 Å². The van der Waals surface area contributed by atoms with Crippen molar-refractivity contribution in [3.8, 4) is 0 Å². The highest BCUT2D eigenvalue weighted by molar-refractivity contribution is 9.11. The van der Waals surface area contributed by atoms with E-state index in [0.717, 1.165) is 39.6 Å². The van der Waals surface area contributed by atoms with E-state index in [1.165, 1.54) is 0 Å². The molecule has 1 aliphatic carbocycles. The molecule has 0 heterocycles. The number of carbonyl (C=O) groups excluding carboxylic acids is 1. The topological polar surface area (TPSA) is 52.6 Å². The second-order valence-corrected chi connectivity index (χ2v) is 7.55. The summed E-state index contributed by atoms with van der Waals surface area (Å²) in [5.41, 5.74) is 1.88. The molecule has 1 aromatic rings. The van der Waals surface area contributed by atoms with Gasteiger partial charge in [-0.2, -0.15) is 0 Å². The second kappa shape index (κ2) is 7.22. The monoisotopic (exact) mass is 418 g/mol. The van der Waals surface area contributed by atoms with E-state index < -0.39 is 0 Å². The van der Waals surface area contributed by atoms with E-state index >= 15 is 0 Å². The molecule has 2 N–H and O–H groups in total. The Hall–Kier alpha value is -0.430. The summed E-state index contributed by atoms with van der Waals surface area (Å²) in [4.78, 5) is 14.1. The fourth-order valence-corrected chi connectivity index (χ4v) is 4.21. The van der Waals surface area contributed by atoms with Gasteiger partial charge in [-0.3, -0.25) is 9.69 Å². The molecule has 1 amide bonds. The summed E-state index contributed by atoms with van der Waals surface area (Å²) < 4.78 is 1.74. The number of aliphatic hydroxyl groups is 1. The molecular formula is C15H20Br2N2O2. The van der Waals surface area contributed by atoms with E-state index in [1.807, 2.05) is 31.0 Å². The van der Waals surface area contributed by atoms with Gasteiger partial charge in [-0.1, -0.05) is 0 Å². The number of likely N-dealkylation sites (N-methyl/N-ethyl adjacent to an activating group) is 1. The highest BCUT2D eigenvalue weighted by Crippen LogP contribution is 2.32. The molecule has 0 saturated heterocycles. The van der Waals surface area contributed by atoms with Crippen LogP contribution in [0.5, 0.6) is 0 Å². The fraction of sp³-hybridized carbons (Fsp3) is 0.533. The number of amides is 1. The van der Waals surface area contributed by atoms with Crippen molar-refractivity contribution < 1.29 is 9.90 Å². The van der Waals surface area contributed by atoms with Crippen LogP contribution in [0.15, 0.2) is 21.1 Å². The van der Waals surface area contributed by atoms with Gasteiger partial charge in [0.2, 0.25) is 5.91 Å². The average molecular weight is 420 g/mol. The van der Waals surface area contributed by atoms with Gasteiger partial charge in [-0.25, -0.2) is 0 Å². The normalized spacial score (nSPS) is 21.2. The lowest BCUT2D eigenvalue weighted by atomic mass is 9.82. The van der Waals surface area contributed by atoms with Crippen LogP contribution in [-0.4, -0.2) is 42.2 Å². The number of carbonyl (C=O) groups is 1. The summed E-state index contributed by atoms with van der Waals surface area (Å²) in [5.74, 6) is 0.471. The lowest BCUT2D eigenvalue weighted by Gasteiger charge is -2.34. The van der Waals surface area contributed by atoms with Gasteiger partial charge in [0.05, 0.1) is 18.3 Å². The van der Waals surface area contributed by atoms with Crippen molar-refractivity contribution in [3.05, 3.63) is 26.6 Å². The smallest absolute Gasteiger partial charge is 0.238 e. The molecule has 1 saturated carbocycles. The molecule has 1 aromatic carbocycles. The number of aliphatic hydroxyl groups excluding tert-OH is 1. The maximum absolute atomic E-state index is 12.1. The second-order valence-electron chi connectivity index (χ2n) is 5.84. The van der Waals surface area contributed by atoms with E-state index in [1.54, 1.807) is 0 Å². The maximum Gasteiger partial charge on any atom is 0.238 e. The molecule has 0 bridgehead atoms. The van der Waals surface area contributed by atoms with E-state index in [-0.39, 0.29) is 12.0 Å². The van der Waals surface area contributed by atoms with Crippen molar-refractivity contribution in [2.24, 2.45) is 5.92 Å². The molecule has 116 valence electrons. The Kier molecular flexibility index (Phi) is 5.82. The highest BCUT2D eigenvalue weighted by Gasteiger charge is 2.28. The standard InChI is InChI=1S/C15H20Br2N2O2/c1-9-3-12(16)15(13(17)4-9)18-14(21)8-19(2)7-10-5-11(20)6-10/h3-4,10-11,20H,5-8H2,1-2H3,(H,18,21). The molecule has 1 aliphatic rings. The summed E-state index contributed by atoms with van der Waals surface area (Å²) in [5, 5.41) is 12.2. The lowest BCUT2D eigenvalue weighted by Crippen LogP contribution is -2.40. The molecule has 0 unspecified atom stereocenters. The van der Waals surface area contributed by atoms with Gasteiger partial charge < -0.3 is 10.4 Å². The third kappa shape index (κ3) is 4.77. The van der Waals surface area contributed by atoms with Crippen molar-refractivity contribution in [1.29, 1.82) is 0 Å². The van der Waals surface area contributed by atoms with Gasteiger partial charge in [0.15, 0.2) is 0 Å². The Morgan fingerprint density at radius 3 is 2.48 bits per heavy atom. The van der Waals surface area contributed by atoms with Crippen LogP contribution in [0.2, 0.25) is 0 Å². The molecule has 4 nitrogen and oxygen atoms in total. The van der Waals surface area contributed by atoms with Gasteiger partial charge in [0, 0.05) is 15.5 Å². The largest absolute Gasteiger partial charge is 0.393 e. The number of hydrogen-bond acceptors (Lipinski definition) is 3. The van der Waals surface area contributed by atoms with Crippen molar-refractivity contribution in [1.82, 2.24) is 4.90 Å². The van der Waals surface area contributed by atoms with Gasteiger partial charge in [0.1, 0.15) is 0 Å². The average Bonchev–Trinajstić information content (AvgIpc) is 2.31. The number of aryl methyl sites for hydroxylation is 1. The lowest BCUT2D eigenvalue weighted by molar-refractivity contribution is -0.117. The first kappa shape index (κ1) is 16.9. The van der Waals surface area contributed by atoms with Gasteiger partial charge >= 0.3 is 0 Å². The molecule has 6 heteroatoms. The molecule has 0 aromatic heterocycles. The molecule has 0 radical (unpaired) electrons. The molecule has 21 heavy (non-hydrogen) atoms. The number of nitrogens with one attached hydrogen (secondary N) is 1. The summed E-state index contributed by atoms with van der Waals surface area (Å²) in [6, 6.07) is 3.94. The molecule has 1 fully saturated rings. The Balaban J connectivity index is 1.87. The fourth-order valence-electron chi connectivity index (χ4n) is 2.60. The highest BCUT2D eigenvalue weighted by atomic mass is 79.9. The number of nitrogens with zero attached hydrogens (tertiary/aromatic N) is 1. The first-order valence-corrected chi connectivity index (χ1v) is 8.56. The van der Waals surface area contributed by atoms with Crippen LogP contribution < -0.4 is 5.32 Å². The summed E-state index contributed by atoms with van der Waals surface area (Å²) in [6.45, 7) is 3.20. The number of rotatable bonds is 5. The Morgan fingerprint density at radius 2 is 1.95 bits per heavy atom.